The van der Waals surface area contributed by atoms with Crippen molar-refractivity contribution < 1.29 is 13.2 Å². The Bertz CT molecular complexity index is 625. The molecule has 0 radical (unpaired) electrons. The SMILES string of the molecule is N#Cc1c(Cl)cccc1-n1ccc(C(F)(F)F)n1. The van der Waals surface area contributed by atoms with Crippen LogP contribution in [0.25, 0.3) is 5.69 Å². The van der Waals surface area contributed by atoms with Gasteiger partial charge in [-0.25, -0.2) is 4.68 Å². The fourth-order valence-electron chi connectivity index (χ4n) is 1.42. The molecule has 7 heteroatoms. The summed E-state index contributed by atoms with van der Waals surface area (Å²) in [6.07, 6.45) is -3.38. The topological polar surface area (TPSA) is 41.6 Å². The van der Waals surface area contributed by atoms with Crippen LogP contribution in [0.2, 0.25) is 5.02 Å². The van der Waals surface area contributed by atoms with Crippen LogP contribution in [0.4, 0.5) is 13.2 Å². The van der Waals surface area contributed by atoms with Crippen molar-refractivity contribution >= 4 is 11.6 Å². The first-order valence-corrected chi connectivity index (χ1v) is 5.13. The number of alkyl halides is 3. The lowest BCUT2D eigenvalue weighted by atomic mass is 10.2. The van der Waals surface area contributed by atoms with Crippen molar-refractivity contribution in [3.05, 3.63) is 46.7 Å². The quantitative estimate of drug-likeness (QED) is 0.797. The van der Waals surface area contributed by atoms with Crippen LogP contribution in [-0.4, -0.2) is 9.78 Å². The lowest BCUT2D eigenvalue weighted by Gasteiger charge is -2.05. The van der Waals surface area contributed by atoms with Gasteiger partial charge in [0.2, 0.25) is 0 Å². The predicted molar refractivity (Wildman–Crippen MR) is 58.3 cm³/mol. The maximum Gasteiger partial charge on any atom is 0.435 e. The number of halogens is 4. The Labute approximate surface area is 105 Å². The van der Waals surface area contributed by atoms with Crippen molar-refractivity contribution in [3.8, 4) is 11.8 Å². The minimum absolute atomic E-state index is 0.0796. The lowest BCUT2D eigenvalue weighted by molar-refractivity contribution is -0.141. The Balaban J connectivity index is 2.54. The summed E-state index contributed by atoms with van der Waals surface area (Å²) in [5.41, 5.74) is -0.733. The smallest absolute Gasteiger partial charge is 0.239 e. The van der Waals surface area contributed by atoms with Crippen molar-refractivity contribution in [1.29, 1.82) is 5.26 Å². The van der Waals surface area contributed by atoms with Gasteiger partial charge in [0.05, 0.1) is 16.3 Å². The Kier molecular flexibility index (Phi) is 3.01. The van der Waals surface area contributed by atoms with E-state index in [-0.39, 0.29) is 16.3 Å². The fourth-order valence-corrected chi connectivity index (χ4v) is 1.64. The molecule has 0 N–H and O–H groups in total. The number of hydrogen-bond acceptors (Lipinski definition) is 2. The highest BCUT2D eigenvalue weighted by atomic mass is 35.5. The zero-order valence-electron chi connectivity index (χ0n) is 8.74. The van der Waals surface area contributed by atoms with E-state index in [9.17, 15) is 13.2 Å². The Morgan fingerprint density at radius 2 is 2.00 bits per heavy atom. The first-order chi connectivity index (χ1) is 8.43. The molecule has 1 aromatic carbocycles. The summed E-state index contributed by atoms with van der Waals surface area (Å²) >= 11 is 5.79. The largest absolute Gasteiger partial charge is 0.435 e. The van der Waals surface area contributed by atoms with Gasteiger partial charge in [-0.1, -0.05) is 17.7 Å². The zero-order chi connectivity index (χ0) is 13.3. The second-order valence-electron chi connectivity index (χ2n) is 3.39. The van der Waals surface area contributed by atoms with Crippen molar-refractivity contribution in [2.45, 2.75) is 6.18 Å². The van der Waals surface area contributed by atoms with Crippen LogP contribution in [0.1, 0.15) is 11.3 Å². The highest BCUT2D eigenvalue weighted by Gasteiger charge is 2.33. The van der Waals surface area contributed by atoms with Gasteiger partial charge < -0.3 is 0 Å². The standard InChI is InChI=1S/C11H5ClF3N3/c12-8-2-1-3-9(7(8)6-16)18-5-4-10(17-18)11(13,14)15/h1-5H. The fraction of sp³-hybridized carbons (Fsp3) is 0.0909. The molecule has 1 heterocycles. The van der Waals surface area contributed by atoms with Gasteiger partial charge >= 0.3 is 6.18 Å². The first-order valence-electron chi connectivity index (χ1n) is 4.75. The zero-order valence-corrected chi connectivity index (χ0v) is 9.50. The van der Waals surface area contributed by atoms with Gasteiger partial charge in [-0.3, -0.25) is 0 Å². The van der Waals surface area contributed by atoms with E-state index < -0.39 is 11.9 Å². The van der Waals surface area contributed by atoms with Gasteiger partial charge in [0.1, 0.15) is 6.07 Å². The molecule has 0 amide bonds. The highest BCUT2D eigenvalue weighted by molar-refractivity contribution is 6.32. The van der Waals surface area contributed by atoms with Gasteiger partial charge in [0.25, 0.3) is 0 Å². The summed E-state index contributed by atoms with van der Waals surface area (Å²) in [6, 6.07) is 7.16. The Morgan fingerprint density at radius 1 is 1.28 bits per heavy atom. The molecule has 0 bridgehead atoms. The molecule has 2 rings (SSSR count). The highest BCUT2D eigenvalue weighted by Crippen LogP contribution is 2.29. The molecule has 0 fully saturated rings. The number of nitrogens with zero attached hydrogens (tertiary/aromatic N) is 3. The third-order valence-electron chi connectivity index (χ3n) is 2.23. The second-order valence-corrected chi connectivity index (χ2v) is 3.80. The van der Waals surface area contributed by atoms with Gasteiger partial charge in [-0.05, 0) is 18.2 Å². The average molecular weight is 272 g/mol. The normalized spacial score (nSPS) is 11.3. The average Bonchev–Trinajstić information content (AvgIpc) is 2.77. The van der Waals surface area contributed by atoms with Crippen LogP contribution in [0.3, 0.4) is 0 Å². The number of nitriles is 1. The molecule has 0 unspecified atom stereocenters. The molecule has 0 spiro atoms. The van der Waals surface area contributed by atoms with Crippen molar-refractivity contribution in [2.24, 2.45) is 0 Å². The van der Waals surface area contributed by atoms with E-state index in [0.717, 1.165) is 16.9 Å². The summed E-state index contributed by atoms with van der Waals surface area (Å²) in [5, 5.41) is 12.5. The molecule has 0 aliphatic heterocycles. The maximum absolute atomic E-state index is 12.4. The van der Waals surface area contributed by atoms with Crippen LogP contribution in [0.5, 0.6) is 0 Å². The molecule has 3 nitrogen and oxygen atoms in total. The third-order valence-corrected chi connectivity index (χ3v) is 2.54. The molecule has 18 heavy (non-hydrogen) atoms. The maximum atomic E-state index is 12.4. The number of hydrogen-bond donors (Lipinski definition) is 0. The summed E-state index contributed by atoms with van der Waals surface area (Å²) in [6.45, 7) is 0. The summed E-state index contributed by atoms with van der Waals surface area (Å²) in [7, 11) is 0. The third kappa shape index (κ3) is 2.17. The molecule has 0 saturated heterocycles. The first kappa shape index (κ1) is 12.5. The van der Waals surface area contributed by atoms with Crippen molar-refractivity contribution in [3.63, 3.8) is 0 Å². The van der Waals surface area contributed by atoms with Crippen molar-refractivity contribution in [1.82, 2.24) is 9.78 Å². The van der Waals surface area contributed by atoms with Crippen LogP contribution < -0.4 is 0 Å². The Hall–Kier alpha value is -2.00. The molecule has 92 valence electrons. The van der Waals surface area contributed by atoms with Crippen LogP contribution in [0, 0.1) is 11.3 Å². The molecular formula is C11H5ClF3N3. The summed E-state index contributed by atoms with van der Waals surface area (Å²) < 4.78 is 38.2. The predicted octanol–water partition coefficient (Wildman–Crippen LogP) is 3.42. The van der Waals surface area contributed by atoms with E-state index in [1.807, 2.05) is 6.07 Å². The number of aromatic nitrogens is 2. The van der Waals surface area contributed by atoms with E-state index >= 15 is 0 Å². The van der Waals surface area contributed by atoms with Crippen LogP contribution in [-0.2, 0) is 6.18 Å². The van der Waals surface area contributed by atoms with E-state index in [2.05, 4.69) is 5.10 Å². The lowest BCUT2D eigenvalue weighted by Crippen LogP contribution is -2.07. The van der Waals surface area contributed by atoms with E-state index in [4.69, 9.17) is 16.9 Å². The van der Waals surface area contributed by atoms with Gasteiger partial charge in [-0.2, -0.15) is 23.5 Å². The van der Waals surface area contributed by atoms with Crippen LogP contribution in [0.15, 0.2) is 30.5 Å². The summed E-state index contributed by atoms with van der Waals surface area (Å²) in [5.74, 6) is 0. The summed E-state index contributed by atoms with van der Waals surface area (Å²) in [4.78, 5) is 0. The molecule has 0 atom stereocenters. The molecule has 0 saturated carbocycles. The Morgan fingerprint density at radius 3 is 2.56 bits per heavy atom. The molecule has 0 aliphatic rings. The van der Waals surface area contributed by atoms with E-state index in [0.29, 0.717) is 0 Å². The second kappa shape index (κ2) is 4.35. The van der Waals surface area contributed by atoms with Gasteiger partial charge in [0, 0.05) is 6.20 Å². The van der Waals surface area contributed by atoms with Crippen LogP contribution >= 0.6 is 11.6 Å². The molecule has 2 aromatic rings. The van der Waals surface area contributed by atoms with E-state index in [1.165, 1.54) is 18.2 Å². The minimum atomic E-state index is -4.52. The minimum Gasteiger partial charge on any atom is -0.239 e. The molecule has 1 aromatic heterocycles. The monoisotopic (exact) mass is 271 g/mol. The number of benzene rings is 1. The number of rotatable bonds is 1. The molecule has 0 aliphatic carbocycles. The van der Waals surface area contributed by atoms with Gasteiger partial charge in [0.15, 0.2) is 5.69 Å². The molecular weight excluding hydrogens is 267 g/mol. The van der Waals surface area contributed by atoms with Crippen molar-refractivity contribution in [2.75, 3.05) is 0 Å². The van der Waals surface area contributed by atoms with Gasteiger partial charge in [-0.15, -0.1) is 0 Å². The van der Waals surface area contributed by atoms with E-state index in [1.54, 1.807) is 0 Å².